The number of furan rings is 1. The number of amides is 1. The number of hydrogen-bond acceptors (Lipinski definition) is 2. The molecule has 0 aliphatic heterocycles. The first-order valence-electron chi connectivity index (χ1n) is 5.18. The molecule has 1 aromatic heterocycles. The van der Waals surface area contributed by atoms with Gasteiger partial charge in [0.1, 0.15) is 0 Å². The summed E-state index contributed by atoms with van der Waals surface area (Å²) in [7, 11) is 0. The molecular weight excluding hydrogens is 258 g/mol. The molecule has 0 atom stereocenters. The van der Waals surface area contributed by atoms with Crippen molar-refractivity contribution in [2.75, 3.05) is 18.4 Å². The van der Waals surface area contributed by atoms with E-state index in [1.165, 1.54) is 6.26 Å². The first kappa shape index (κ1) is 12.3. The highest BCUT2D eigenvalue weighted by atomic mass is 79.9. The first-order chi connectivity index (χ1) is 7.29. The summed E-state index contributed by atoms with van der Waals surface area (Å²) in [5, 5.41) is 0.795. The third-order valence-electron chi connectivity index (χ3n) is 2.16. The van der Waals surface area contributed by atoms with Crippen molar-refractivity contribution in [1.82, 2.24) is 4.90 Å². The Hall–Kier alpha value is -0.770. The van der Waals surface area contributed by atoms with Gasteiger partial charge in [-0.05, 0) is 18.6 Å². The lowest BCUT2D eigenvalue weighted by atomic mass is 10.3. The smallest absolute Gasteiger partial charge is 0.289 e. The third-order valence-corrected chi connectivity index (χ3v) is 2.51. The molecular formula is C11H16BrNO2. The average molecular weight is 274 g/mol. The maximum absolute atomic E-state index is 11.9. The molecule has 1 rings (SSSR count). The molecule has 0 N–H and O–H groups in total. The number of unbranched alkanes of at least 4 members (excludes halogenated alkanes) is 1. The van der Waals surface area contributed by atoms with Crippen molar-refractivity contribution in [2.24, 2.45) is 0 Å². The van der Waals surface area contributed by atoms with E-state index in [1.54, 1.807) is 12.1 Å². The van der Waals surface area contributed by atoms with Crippen LogP contribution >= 0.6 is 15.9 Å². The van der Waals surface area contributed by atoms with Gasteiger partial charge in [-0.3, -0.25) is 4.79 Å². The molecule has 3 nitrogen and oxygen atoms in total. The summed E-state index contributed by atoms with van der Waals surface area (Å²) in [5.74, 6) is 0.403. The van der Waals surface area contributed by atoms with Crippen LogP contribution in [0, 0.1) is 0 Å². The highest BCUT2D eigenvalue weighted by molar-refractivity contribution is 9.09. The molecule has 84 valence electrons. The minimum Gasteiger partial charge on any atom is -0.459 e. The lowest BCUT2D eigenvalue weighted by Crippen LogP contribution is -2.33. The molecule has 0 aliphatic rings. The average Bonchev–Trinajstić information content (AvgIpc) is 2.76. The van der Waals surface area contributed by atoms with Crippen molar-refractivity contribution in [2.45, 2.75) is 19.8 Å². The van der Waals surface area contributed by atoms with Gasteiger partial charge < -0.3 is 9.32 Å². The third kappa shape index (κ3) is 3.70. The van der Waals surface area contributed by atoms with E-state index in [1.807, 2.05) is 4.90 Å². The van der Waals surface area contributed by atoms with Gasteiger partial charge in [0.15, 0.2) is 5.76 Å². The zero-order valence-electron chi connectivity index (χ0n) is 8.91. The van der Waals surface area contributed by atoms with Crippen LogP contribution in [-0.2, 0) is 0 Å². The zero-order valence-corrected chi connectivity index (χ0v) is 10.5. The molecule has 1 aromatic rings. The van der Waals surface area contributed by atoms with E-state index < -0.39 is 0 Å². The maximum Gasteiger partial charge on any atom is 0.289 e. The summed E-state index contributed by atoms with van der Waals surface area (Å²) in [6.45, 7) is 3.63. The Bertz CT molecular complexity index is 285. The highest BCUT2D eigenvalue weighted by Gasteiger charge is 2.16. The lowest BCUT2D eigenvalue weighted by Gasteiger charge is -2.20. The summed E-state index contributed by atoms with van der Waals surface area (Å²) in [5.41, 5.74) is 0. The van der Waals surface area contributed by atoms with Crippen LogP contribution in [0.2, 0.25) is 0 Å². The zero-order chi connectivity index (χ0) is 11.1. The molecule has 0 saturated heterocycles. The molecule has 0 fully saturated rings. The van der Waals surface area contributed by atoms with Crippen LogP contribution in [0.25, 0.3) is 0 Å². The van der Waals surface area contributed by atoms with Gasteiger partial charge in [-0.2, -0.15) is 0 Å². The van der Waals surface area contributed by atoms with E-state index in [0.717, 1.165) is 31.3 Å². The molecule has 0 saturated carbocycles. The summed E-state index contributed by atoms with van der Waals surface area (Å²) in [6.07, 6.45) is 3.64. The second kappa shape index (κ2) is 6.67. The van der Waals surface area contributed by atoms with Gasteiger partial charge in [-0.1, -0.05) is 29.3 Å². The second-order valence-electron chi connectivity index (χ2n) is 3.31. The van der Waals surface area contributed by atoms with Gasteiger partial charge in [-0.15, -0.1) is 0 Å². The lowest BCUT2D eigenvalue weighted by molar-refractivity contribution is 0.0732. The van der Waals surface area contributed by atoms with Crippen molar-refractivity contribution in [3.8, 4) is 0 Å². The molecule has 0 unspecified atom stereocenters. The molecule has 0 bridgehead atoms. The number of carbonyl (C=O) groups is 1. The van der Waals surface area contributed by atoms with Crippen LogP contribution < -0.4 is 0 Å². The van der Waals surface area contributed by atoms with Crippen LogP contribution in [0.15, 0.2) is 22.8 Å². The summed E-state index contributed by atoms with van der Waals surface area (Å²) < 4.78 is 5.10. The van der Waals surface area contributed by atoms with E-state index in [9.17, 15) is 4.79 Å². The topological polar surface area (TPSA) is 33.5 Å². The van der Waals surface area contributed by atoms with E-state index in [2.05, 4.69) is 22.9 Å². The Morgan fingerprint density at radius 1 is 1.53 bits per heavy atom. The Morgan fingerprint density at radius 3 is 2.87 bits per heavy atom. The van der Waals surface area contributed by atoms with E-state index >= 15 is 0 Å². The molecule has 0 aromatic carbocycles. The Balaban J connectivity index is 2.58. The molecule has 0 aliphatic carbocycles. The number of halogens is 1. The Labute approximate surface area is 98.6 Å². The van der Waals surface area contributed by atoms with Gasteiger partial charge in [-0.25, -0.2) is 0 Å². The first-order valence-corrected chi connectivity index (χ1v) is 6.30. The SMILES string of the molecule is CCCCN(CCBr)C(=O)c1ccco1. The number of rotatable bonds is 6. The predicted molar refractivity (Wildman–Crippen MR) is 63.3 cm³/mol. The number of carbonyl (C=O) groups excluding carboxylic acids is 1. The fourth-order valence-corrected chi connectivity index (χ4v) is 1.75. The van der Waals surface area contributed by atoms with E-state index in [0.29, 0.717) is 5.76 Å². The van der Waals surface area contributed by atoms with Gasteiger partial charge >= 0.3 is 0 Å². The van der Waals surface area contributed by atoms with Crippen LogP contribution in [0.4, 0.5) is 0 Å². The van der Waals surface area contributed by atoms with E-state index in [-0.39, 0.29) is 5.91 Å². The molecule has 4 heteroatoms. The number of nitrogens with zero attached hydrogens (tertiary/aromatic N) is 1. The Kier molecular flexibility index (Phi) is 5.47. The summed E-state index contributed by atoms with van der Waals surface area (Å²) in [4.78, 5) is 13.7. The monoisotopic (exact) mass is 273 g/mol. The summed E-state index contributed by atoms with van der Waals surface area (Å²) in [6, 6.07) is 3.44. The van der Waals surface area contributed by atoms with Crippen molar-refractivity contribution in [3.63, 3.8) is 0 Å². The minimum atomic E-state index is -0.0205. The van der Waals surface area contributed by atoms with Crippen molar-refractivity contribution < 1.29 is 9.21 Å². The van der Waals surface area contributed by atoms with Crippen LogP contribution in [0.3, 0.4) is 0 Å². The van der Waals surface area contributed by atoms with Crippen LogP contribution in [0.5, 0.6) is 0 Å². The second-order valence-corrected chi connectivity index (χ2v) is 4.11. The van der Waals surface area contributed by atoms with Gasteiger partial charge in [0.2, 0.25) is 0 Å². The van der Waals surface area contributed by atoms with Crippen molar-refractivity contribution >= 4 is 21.8 Å². The Morgan fingerprint density at radius 2 is 2.33 bits per heavy atom. The normalized spacial score (nSPS) is 10.3. The standard InChI is InChI=1S/C11H16BrNO2/c1-2-3-7-13(8-6-12)11(14)10-5-4-9-15-10/h4-5,9H,2-3,6-8H2,1H3. The quantitative estimate of drug-likeness (QED) is 0.747. The largest absolute Gasteiger partial charge is 0.459 e. The molecule has 15 heavy (non-hydrogen) atoms. The molecule has 0 spiro atoms. The molecule has 1 amide bonds. The number of alkyl halides is 1. The highest BCUT2D eigenvalue weighted by Crippen LogP contribution is 2.07. The molecule has 1 heterocycles. The van der Waals surface area contributed by atoms with Gasteiger partial charge in [0, 0.05) is 18.4 Å². The van der Waals surface area contributed by atoms with Crippen LogP contribution in [0.1, 0.15) is 30.3 Å². The molecule has 0 radical (unpaired) electrons. The summed E-state index contributed by atoms with van der Waals surface area (Å²) >= 11 is 3.35. The van der Waals surface area contributed by atoms with Crippen molar-refractivity contribution in [3.05, 3.63) is 24.2 Å². The van der Waals surface area contributed by atoms with E-state index in [4.69, 9.17) is 4.42 Å². The van der Waals surface area contributed by atoms with Crippen molar-refractivity contribution in [1.29, 1.82) is 0 Å². The maximum atomic E-state index is 11.9. The van der Waals surface area contributed by atoms with Gasteiger partial charge in [0.05, 0.1) is 6.26 Å². The minimum absolute atomic E-state index is 0.0205. The fraction of sp³-hybridized carbons (Fsp3) is 0.545. The predicted octanol–water partition coefficient (Wildman–Crippen LogP) is 2.92. The fourth-order valence-electron chi connectivity index (χ4n) is 1.32. The van der Waals surface area contributed by atoms with Crippen LogP contribution in [-0.4, -0.2) is 29.2 Å². The van der Waals surface area contributed by atoms with Gasteiger partial charge in [0.25, 0.3) is 5.91 Å². The number of hydrogen-bond donors (Lipinski definition) is 0.